The lowest BCUT2D eigenvalue weighted by Gasteiger charge is -2.49. The van der Waals surface area contributed by atoms with Gasteiger partial charge in [-0.1, -0.05) is 31.0 Å². The molecule has 2 unspecified atom stereocenters. The summed E-state index contributed by atoms with van der Waals surface area (Å²) in [4.78, 5) is 10.5. The van der Waals surface area contributed by atoms with E-state index in [1.807, 2.05) is 30.3 Å². The minimum absolute atomic E-state index is 0.196. The van der Waals surface area contributed by atoms with E-state index in [4.69, 9.17) is 22.1 Å². The van der Waals surface area contributed by atoms with Crippen molar-refractivity contribution in [3.8, 4) is 0 Å². The van der Waals surface area contributed by atoms with Crippen molar-refractivity contribution >= 4 is 34.7 Å². The van der Waals surface area contributed by atoms with Gasteiger partial charge in [0.1, 0.15) is 6.61 Å². The maximum atomic E-state index is 10.5. The van der Waals surface area contributed by atoms with E-state index in [-0.39, 0.29) is 6.61 Å². The van der Waals surface area contributed by atoms with Crippen LogP contribution in [0.3, 0.4) is 0 Å². The molecule has 0 saturated heterocycles. The Hall–Kier alpha value is -1.99. The fraction of sp³-hybridized carbons (Fsp3) is 0.625. The Balaban J connectivity index is 1.49. The number of anilines is 1. The molecule has 3 fully saturated rings. The Morgan fingerprint density at radius 2 is 1.84 bits per heavy atom. The highest BCUT2D eigenvalue weighted by molar-refractivity contribution is 7.80. The largest absolute Gasteiger partial charge is 0.480 e. The molecule has 1 aromatic rings. The van der Waals surface area contributed by atoms with Gasteiger partial charge in [0, 0.05) is 23.9 Å². The molecule has 0 heterocycles. The van der Waals surface area contributed by atoms with Crippen LogP contribution in [0.5, 0.6) is 0 Å². The average Bonchev–Trinajstić information content (AvgIpc) is 2.78. The van der Waals surface area contributed by atoms with E-state index < -0.39 is 5.97 Å². The zero-order chi connectivity index (χ0) is 22.1. The van der Waals surface area contributed by atoms with Gasteiger partial charge in [0.05, 0.1) is 0 Å². The number of carboxylic acids is 1. The van der Waals surface area contributed by atoms with Gasteiger partial charge in [-0.3, -0.25) is 5.43 Å². The van der Waals surface area contributed by atoms with E-state index in [0.29, 0.717) is 23.6 Å². The number of para-hydroxylation sites is 1. The summed E-state index contributed by atoms with van der Waals surface area (Å²) in [6.07, 6.45) is 9.71. The van der Waals surface area contributed by atoms with Crippen molar-refractivity contribution in [3.05, 3.63) is 30.3 Å². The number of rotatable bonds is 11. The van der Waals surface area contributed by atoms with Gasteiger partial charge in [-0.2, -0.15) is 5.10 Å². The third-order valence-corrected chi connectivity index (χ3v) is 6.98. The zero-order valence-corrected chi connectivity index (χ0v) is 19.2. The van der Waals surface area contributed by atoms with E-state index in [9.17, 15) is 4.79 Å². The van der Waals surface area contributed by atoms with Crippen LogP contribution >= 0.6 is 12.2 Å². The number of aliphatic carboxylic acids is 1. The first-order chi connectivity index (χ1) is 15.0. The summed E-state index contributed by atoms with van der Waals surface area (Å²) in [7, 11) is 0. The highest BCUT2D eigenvalue weighted by atomic mass is 32.1. The first kappa shape index (κ1) is 23.7. The highest BCUT2D eigenvalue weighted by Gasteiger charge is 2.44. The highest BCUT2D eigenvalue weighted by Crippen LogP contribution is 2.51. The SMILES string of the molecule is CC(=NNC(=S)Nc1ccccc1)C1C2CCC(CC2)C1CCCCCOCC(=O)O. The summed E-state index contributed by atoms with van der Waals surface area (Å²) in [6, 6.07) is 9.88. The molecule has 0 amide bonds. The van der Waals surface area contributed by atoms with E-state index in [1.54, 1.807) is 0 Å². The number of hydrogen-bond donors (Lipinski definition) is 3. The smallest absolute Gasteiger partial charge is 0.329 e. The maximum Gasteiger partial charge on any atom is 0.329 e. The minimum atomic E-state index is -0.900. The number of benzene rings is 1. The van der Waals surface area contributed by atoms with Gasteiger partial charge in [0.25, 0.3) is 0 Å². The first-order valence-corrected chi connectivity index (χ1v) is 11.9. The molecule has 3 saturated carbocycles. The number of nitrogens with one attached hydrogen (secondary N) is 2. The lowest BCUT2D eigenvalue weighted by Crippen LogP contribution is -2.44. The fourth-order valence-electron chi connectivity index (χ4n) is 5.46. The molecule has 1 aromatic carbocycles. The summed E-state index contributed by atoms with van der Waals surface area (Å²) in [5.74, 6) is 1.85. The average molecular weight is 446 g/mol. The van der Waals surface area contributed by atoms with Crippen LogP contribution in [-0.4, -0.2) is 35.1 Å². The van der Waals surface area contributed by atoms with Gasteiger partial charge in [-0.15, -0.1) is 0 Å². The van der Waals surface area contributed by atoms with Crippen LogP contribution in [0.15, 0.2) is 35.4 Å². The first-order valence-electron chi connectivity index (χ1n) is 11.5. The fourth-order valence-corrected chi connectivity index (χ4v) is 5.62. The molecule has 6 nitrogen and oxygen atoms in total. The van der Waals surface area contributed by atoms with Crippen molar-refractivity contribution in [3.63, 3.8) is 0 Å². The maximum absolute atomic E-state index is 10.5. The number of carboxylic acid groups (broad SMARTS) is 1. The Kier molecular flexibility index (Phi) is 9.28. The molecule has 7 heteroatoms. The third kappa shape index (κ3) is 7.28. The van der Waals surface area contributed by atoms with Crippen LogP contribution in [0.2, 0.25) is 0 Å². The molecule has 0 radical (unpaired) electrons. The van der Waals surface area contributed by atoms with Crippen molar-refractivity contribution in [2.75, 3.05) is 18.5 Å². The molecule has 31 heavy (non-hydrogen) atoms. The molecule has 170 valence electrons. The number of hydrogen-bond acceptors (Lipinski definition) is 4. The van der Waals surface area contributed by atoms with Gasteiger partial charge < -0.3 is 15.2 Å². The molecular weight excluding hydrogens is 410 g/mol. The number of nitrogens with zero attached hydrogens (tertiary/aromatic N) is 1. The van der Waals surface area contributed by atoms with Gasteiger partial charge in [-0.05, 0) is 87.6 Å². The van der Waals surface area contributed by atoms with Crippen molar-refractivity contribution in [1.82, 2.24) is 5.43 Å². The van der Waals surface area contributed by atoms with E-state index in [1.165, 1.54) is 37.8 Å². The quantitative estimate of drug-likeness (QED) is 0.191. The van der Waals surface area contributed by atoms with Crippen LogP contribution in [0.4, 0.5) is 5.69 Å². The predicted molar refractivity (Wildman–Crippen MR) is 128 cm³/mol. The Labute approximate surface area is 190 Å². The lowest BCUT2D eigenvalue weighted by molar-refractivity contribution is -0.142. The molecular formula is C24H35N3O3S. The van der Waals surface area contributed by atoms with Crippen molar-refractivity contribution in [2.24, 2.45) is 28.8 Å². The Morgan fingerprint density at radius 1 is 1.13 bits per heavy atom. The Bertz CT molecular complexity index is 748. The number of hydrazone groups is 1. The number of carbonyl (C=O) groups is 1. The summed E-state index contributed by atoms with van der Waals surface area (Å²) in [5.41, 5.74) is 5.17. The van der Waals surface area contributed by atoms with Crippen molar-refractivity contribution < 1.29 is 14.6 Å². The van der Waals surface area contributed by atoms with E-state index in [0.717, 1.165) is 36.8 Å². The number of ether oxygens (including phenoxy) is 1. The third-order valence-electron chi connectivity index (χ3n) is 6.79. The number of thiocarbonyl (C=S) groups is 1. The molecule has 2 atom stereocenters. The number of unbranched alkanes of at least 4 members (excludes halogenated alkanes) is 2. The van der Waals surface area contributed by atoms with Crippen LogP contribution in [0.25, 0.3) is 0 Å². The standard InChI is InChI=1S/C24H35N3O3S/c1-17(26-27-24(31)25-20-8-4-2-5-9-20)23-19-13-11-18(12-14-19)21(23)10-6-3-7-15-30-16-22(28)29/h2,4-5,8-9,18-19,21,23H,3,6-7,10-16H2,1H3,(H,28,29)(H2,25,27,31). The van der Waals surface area contributed by atoms with Gasteiger partial charge in [-0.25, -0.2) is 4.79 Å². The molecule has 3 N–H and O–H groups in total. The molecule has 0 aromatic heterocycles. The Morgan fingerprint density at radius 3 is 2.55 bits per heavy atom. The minimum Gasteiger partial charge on any atom is -0.480 e. The molecule has 0 spiro atoms. The van der Waals surface area contributed by atoms with Gasteiger partial charge in [0.15, 0.2) is 5.11 Å². The van der Waals surface area contributed by atoms with Crippen LogP contribution < -0.4 is 10.7 Å². The van der Waals surface area contributed by atoms with Crippen LogP contribution in [0.1, 0.15) is 58.3 Å². The second kappa shape index (κ2) is 12.2. The molecule has 3 aliphatic carbocycles. The van der Waals surface area contributed by atoms with E-state index >= 15 is 0 Å². The second-order valence-electron chi connectivity index (χ2n) is 8.85. The van der Waals surface area contributed by atoms with Crippen molar-refractivity contribution in [2.45, 2.75) is 58.3 Å². The molecule has 4 rings (SSSR count). The molecule has 2 bridgehead atoms. The summed E-state index contributed by atoms with van der Waals surface area (Å²) < 4.78 is 5.15. The topological polar surface area (TPSA) is 83.0 Å². The summed E-state index contributed by atoms with van der Waals surface area (Å²) in [5, 5.41) is 17.0. The summed E-state index contributed by atoms with van der Waals surface area (Å²) >= 11 is 5.41. The van der Waals surface area contributed by atoms with Gasteiger partial charge >= 0.3 is 5.97 Å². The predicted octanol–water partition coefficient (Wildman–Crippen LogP) is 5.06. The number of fused-ring (bicyclic) bond motifs is 3. The van der Waals surface area contributed by atoms with Crippen LogP contribution in [0, 0.1) is 23.7 Å². The second-order valence-corrected chi connectivity index (χ2v) is 9.25. The van der Waals surface area contributed by atoms with E-state index in [2.05, 4.69) is 22.8 Å². The molecule has 0 aliphatic heterocycles. The van der Waals surface area contributed by atoms with Gasteiger partial charge in [0.2, 0.25) is 0 Å². The molecule has 3 aliphatic rings. The normalized spacial score (nSPS) is 25.3. The monoisotopic (exact) mass is 445 g/mol. The van der Waals surface area contributed by atoms with Crippen molar-refractivity contribution in [1.29, 1.82) is 0 Å². The summed E-state index contributed by atoms with van der Waals surface area (Å²) in [6.45, 7) is 2.48. The lowest BCUT2D eigenvalue weighted by atomic mass is 9.56. The van der Waals surface area contributed by atoms with Crippen LogP contribution in [-0.2, 0) is 9.53 Å². The zero-order valence-electron chi connectivity index (χ0n) is 18.4.